The molecule has 0 aromatic rings. The first-order valence-electron chi connectivity index (χ1n) is 10.2. The van der Waals surface area contributed by atoms with Crippen LogP contribution in [0.1, 0.15) is 112 Å². The Hall–Kier alpha value is -0.810. The van der Waals surface area contributed by atoms with E-state index in [-0.39, 0.29) is 5.41 Å². The van der Waals surface area contributed by atoms with Crippen LogP contribution in [0.2, 0.25) is 0 Å². The van der Waals surface area contributed by atoms with Gasteiger partial charge in [-0.05, 0) is 44.1 Å². The Bertz CT molecular complexity index is 323. The van der Waals surface area contributed by atoms with E-state index < -0.39 is 11.8 Å². The molecule has 25 heavy (non-hydrogen) atoms. The van der Waals surface area contributed by atoms with Crippen LogP contribution < -0.4 is 0 Å². The minimum Gasteiger partial charge on any atom is -0.425 e. The van der Waals surface area contributed by atoms with Gasteiger partial charge in [-0.1, -0.05) is 72.6 Å². The molecule has 1 unspecified atom stereocenters. The molecule has 0 heterocycles. The van der Waals surface area contributed by atoms with Crippen LogP contribution in [0.15, 0.2) is 0 Å². The van der Waals surface area contributed by atoms with Crippen LogP contribution in [0.4, 0.5) is 4.79 Å². The van der Waals surface area contributed by atoms with E-state index in [4.69, 9.17) is 9.99 Å². The van der Waals surface area contributed by atoms with Crippen molar-refractivity contribution in [2.24, 2.45) is 5.41 Å². The second-order valence-electron chi connectivity index (χ2n) is 7.44. The minimum absolute atomic E-state index is 0.0708. The topological polar surface area (TPSA) is 65.0 Å². The third-order valence-corrected chi connectivity index (χ3v) is 5.57. The van der Waals surface area contributed by atoms with E-state index in [1.807, 2.05) is 6.92 Å². The Kier molecular flexibility index (Phi) is 13.0. The molecule has 0 aliphatic heterocycles. The first-order chi connectivity index (χ1) is 11.9. The maximum absolute atomic E-state index is 12.0. The molecule has 0 aliphatic carbocycles. The fourth-order valence-corrected chi connectivity index (χ4v) is 3.88. The van der Waals surface area contributed by atoms with Crippen LogP contribution in [0, 0.1) is 5.41 Å². The van der Waals surface area contributed by atoms with Crippen LogP contribution in [0.5, 0.6) is 0 Å². The molecule has 1 N–H and O–H groups in total. The van der Waals surface area contributed by atoms with E-state index in [1.165, 1.54) is 0 Å². The molecule has 0 saturated carbocycles. The third-order valence-electron chi connectivity index (χ3n) is 5.57. The molecule has 0 bridgehead atoms. The Balaban J connectivity index is 5.72. The molecule has 0 aromatic carbocycles. The van der Waals surface area contributed by atoms with Crippen molar-refractivity contribution in [3.63, 3.8) is 0 Å². The highest BCUT2D eigenvalue weighted by Gasteiger charge is 2.49. The molecular formula is C20H40O5. The van der Waals surface area contributed by atoms with E-state index in [9.17, 15) is 4.79 Å². The summed E-state index contributed by atoms with van der Waals surface area (Å²) in [6.45, 7) is 10.8. The molecule has 5 heteroatoms. The summed E-state index contributed by atoms with van der Waals surface area (Å²) in [4.78, 5) is 16.2. The Labute approximate surface area is 154 Å². The summed E-state index contributed by atoms with van der Waals surface area (Å²) in [5.74, 6) is 0. The maximum Gasteiger partial charge on any atom is 0.543 e. The van der Waals surface area contributed by atoms with Gasteiger partial charge in [0.1, 0.15) is 5.60 Å². The molecule has 5 nitrogen and oxygen atoms in total. The van der Waals surface area contributed by atoms with Crippen LogP contribution in [-0.2, 0) is 14.7 Å². The Morgan fingerprint density at radius 1 is 0.800 bits per heavy atom. The van der Waals surface area contributed by atoms with E-state index in [1.54, 1.807) is 0 Å². The maximum atomic E-state index is 12.0. The van der Waals surface area contributed by atoms with Gasteiger partial charge in [-0.2, -0.15) is 0 Å². The van der Waals surface area contributed by atoms with E-state index >= 15 is 0 Å². The van der Waals surface area contributed by atoms with Crippen molar-refractivity contribution in [3.8, 4) is 0 Å². The van der Waals surface area contributed by atoms with Gasteiger partial charge in [-0.25, -0.2) is 14.9 Å². The Morgan fingerprint density at radius 2 is 1.20 bits per heavy atom. The smallest absolute Gasteiger partial charge is 0.425 e. The van der Waals surface area contributed by atoms with Gasteiger partial charge < -0.3 is 4.74 Å². The molecule has 0 radical (unpaired) electrons. The van der Waals surface area contributed by atoms with Gasteiger partial charge >= 0.3 is 6.16 Å². The highest BCUT2D eigenvalue weighted by molar-refractivity contribution is 5.59. The largest absolute Gasteiger partial charge is 0.543 e. The minimum atomic E-state index is -0.963. The molecular weight excluding hydrogens is 320 g/mol. The van der Waals surface area contributed by atoms with Crippen molar-refractivity contribution in [3.05, 3.63) is 0 Å². The van der Waals surface area contributed by atoms with E-state index in [0.717, 1.165) is 77.0 Å². The van der Waals surface area contributed by atoms with Crippen molar-refractivity contribution in [1.82, 2.24) is 0 Å². The number of carbonyl (C=O) groups excluding carboxylic acids is 1. The van der Waals surface area contributed by atoms with Gasteiger partial charge in [-0.15, -0.1) is 0 Å². The average Bonchev–Trinajstić information content (AvgIpc) is 2.59. The lowest BCUT2D eigenvalue weighted by molar-refractivity contribution is -0.464. The standard InChI is InChI=1S/C20H40O5/c1-6-10-14-19(5,23-18(21)24-25-22)20(15-11-7-2,16-12-8-3)17-13-9-4/h22H,6-17H2,1-5H3. The highest BCUT2D eigenvalue weighted by Crippen LogP contribution is 2.50. The number of carbonyl (C=O) groups is 1. The first kappa shape index (κ1) is 24.2. The zero-order chi connectivity index (χ0) is 19.2. The van der Waals surface area contributed by atoms with Crippen molar-refractivity contribution in [1.29, 1.82) is 0 Å². The third kappa shape index (κ3) is 7.95. The van der Waals surface area contributed by atoms with Gasteiger partial charge in [0.25, 0.3) is 0 Å². The van der Waals surface area contributed by atoms with Crippen LogP contribution in [0.25, 0.3) is 0 Å². The van der Waals surface area contributed by atoms with Crippen molar-refractivity contribution in [2.75, 3.05) is 0 Å². The summed E-state index contributed by atoms with van der Waals surface area (Å²) < 4.78 is 5.79. The highest BCUT2D eigenvalue weighted by atomic mass is 17.5. The number of hydrogen-bond donors (Lipinski definition) is 1. The predicted octanol–water partition coefficient (Wildman–Crippen LogP) is 7.05. The van der Waals surface area contributed by atoms with Crippen molar-refractivity contribution < 1.29 is 24.7 Å². The molecule has 0 aromatic heterocycles. The zero-order valence-electron chi connectivity index (χ0n) is 17.1. The first-order valence-corrected chi connectivity index (χ1v) is 10.2. The fourth-order valence-electron chi connectivity index (χ4n) is 3.88. The Morgan fingerprint density at radius 3 is 1.56 bits per heavy atom. The number of unbranched alkanes of at least 4 members (excludes halogenated alkanes) is 4. The summed E-state index contributed by atoms with van der Waals surface area (Å²) in [6, 6.07) is 0. The lowest BCUT2D eigenvalue weighted by Crippen LogP contribution is -2.49. The lowest BCUT2D eigenvalue weighted by atomic mass is 9.62. The SMILES string of the molecule is CCCCC(CCCC)(CCCC)C(C)(CCCC)OC(=O)OOO. The number of ether oxygens (including phenoxy) is 1. The second kappa shape index (κ2) is 13.4. The van der Waals surface area contributed by atoms with E-state index in [2.05, 4.69) is 37.6 Å². The zero-order valence-corrected chi connectivity index (χ0v) is 17.1. The average molecular weight is 361 g/mol. The summed E-state index contributed by atoms with van der Waals surface area (Å²) in [7, 11) is 0. The van der Waals surface area contributed by atoms with Crippen LogP contribution in [-0.4, -0.2) is 17.0 Å². The van der Waals surface area contributed by atoms with Gasteiger partial charge in [-0.3, -0.25) is 0 Å². The summed E-state index contributed by atoms with van der Waals surface area (Å²) >= 11 is 0. The van der Waals surface area contributed by atoms with Crippen molar-refractivity contribution in [2.45, 2.75) is 117 Å². The molecule has 1 atom stereocenters. The quantitative estimate of drug-likeness (QED) is 0.192. The number of hydrogen-bond acceptors (Lipinski definition) is 5. The van der Waals surface area contributed by atoms with Gasteiger partial charge in [0.15, 0.2) is 0 Å². The monoisotopic (exact) mass is 360 g/mol. The lowest BCUT2D eigenvalue weighted by Gasteiger charge is -2.48. The summed E-state index contributed by atoms with van der Waals surface area (Å²) in [5, 5.41) is 11.9. The number of rotatable bonds is 15. The molecule has 150 valence electrons. The molecule has 0 rings (SSSR count). The second-order valence-corrected chi connectivity index (χ2v) is 7.44. The molecule has 0 fully saturated rings. The van der Waals surface area contributed by atoms with Crippen LogP contribution in [0.3, 0.4) is 0 Å². The summed E-state index contributed by atoms with van der Waals surface area (Å²) in [5.41, 5.74) is -0.698. The molecule has 0 aliphatic rings. The normalized spacial score (nSPS) is 14.2. The molecule has 0 saturated heterocycles. The van der Waals surface area contributed by atoms with Gasteiger partial charge in [0, 0.05) is 5.41 Å². The molecule has 0 spiro atoms. The summed E-state index contributed by atoms with van der Waals surface area (Å²) in [6.07, 6.45) is 11.7. The molecule has 0 amide bonds. The van der Waals surface area contributed by atoms with Gasteiger partial charge in [0.2, 0.25) is 0 Å². The van der Waals surface area contributed by atoms with E-state index in [0.29, 0.717) is 0 Å². The van der Waals surface area contributed by atoms with Crippen molar-refractivity contribution >= 4 is 6.16 Å². The fraction of sp³-hybridized carbons (Fsp3) is 0.950. The van der Waals surface area contributed by atoms with Gasteiger partial charge in [0.05, 0.1) is 0 Å². The van der Waals surface area contributed by atoms with Crippen LogP contribution >= 0.6 is 0 Å². The predicted molar refractivity (Wildman–Crippen MR) is 100 cm³/mol.